The summed E-state index contributed by atoms with van der Waals surface area (Å²) in [6.07, 6.45) is 87.1. The predicted octanol–water partition coefficient (Wildman–Crippen LogP) is 23.9. The number of allylic oxidation sites excluding steroid dienone is 2. The summed E-state index contributed by atoms with van der Waals surface area (Å²) >= 11 is 0. The fourth-order valence-electron chi connectivity index (χ4n) is 11.9. The first-order chi connectivity index (χ1) is 39.5. The molecular weight excluding hydrogens is 983 g/mol. The van der Waals surface area contributed by atoms with Crippen molar-refractivity contribution in [2.24, 2.45) is 0 Å². The van der Waals surface area contributed by atoms with Crippen LogP contribution in [-0.2, 0) is 14.3 Å². The predicted molar refractivity (Wildman–Crippen MR) is 352 cm³/mol. The number of hydrogen-bond donors (Lipinski definition) is 3. The van der Waals surface area contributed by atoms with Gasteiger partial charge < -0.3 is 20.3 Å². The van der Waals surface area contributed by atoms with Crippen molar-refractivity contribution >= 4 is 11.9 Å². The van der Waals surface area contributed by atoms with Crippen LogP contribution in [0.1, 0.15) is 425 Å². The van der Waals surface area contributed by atoms with Crippen molar-refractivity contribution < 1.29 is 24.5 Å². The summed E-state index contributed by atoms with van der Waals surface area (Å²) in [5, 5.41) is 23.3. The van der Waals surface area contributed by atoms with Gasteiger partial charge in [-0.25, -0.2) is 0 Å². The second-order valence-electron chi connectivity index (χ2n) is 25.6. The smallest absolute Gasteiger partial charge is 0.305 e. The molecule has 0 aliphatic heterocycles. The van der Waals surface area contributed by atoms with Crippen molar-refractivity contribution in [3.05, 3.63) is 12.2 Å². The monoisotopic (exact) mass is 1130 g/mol. The molecule has 0 fully saturated rings. The molecule has 6 nitrogen and oxygen atoms in total. The van der Waals surface area contributed by atoms with Gasteiger partial charge in [0.05, 0.1) is 25.4 Å². The van der Waals surface area contributed by atoms with Gasteiger partial charge in [0.25, 0.3) is 0 Å². The van der Waals surface area contributed by atoms with Crippen molar-refractivity contribution in [1.82, 2.24) is 5.32 Å². The number of esters is 1. The van der Waals surface area contributed by atoms with E-state index in [0.717, 1.165) is 38.5 Å². The first kappa shape index (κ1) is 78.6. The van der Waals surface area contributed by atoms with E-state index in [1.54, 1.807) is 0 Å². The Hall–Kier alpha value is -1.40. The Morgan fingerprint density at radius 1 is 0.338 bits per heavy atom. The minimum Gasteiger partial charge on any atom is -0.466 e. The topological polar surface area (TPSA) is 95.9 Å². The molecule has 0 saturated heterocycles. The zero-order valence-electron chi connectivity index (χ0n) is 54.6. The SMILES string of the molecule is CCCCCCCC/C=C\CCCCCCCCCCCC(=O)OCCCCCCCCCCCCCCCCCCCCCCCCCCCCCCCC(=O)NC(CO)C(O)CCCCCCCCCCCCCCCCC. The molecule has 3 N–H and O–H groups in total. The Kier molecular flexibility index (Phi) is 68.9. The van der Waals surface area contributed by atoms with Crippen LogP contribution < -0.4 is 5.32 Å². The second kappa shape index (κ2) is 70.1. The lowest BCUT2D eigenvalue weighted by Gasteiger charge is -2.22. The number of rotatable bonds is 70. The van der Waals surface area contributed by atoms with E-state index in [0.29, 0.717) is 25.9 Å². The van der Waals surface area contributed by atoms with Crippen LogP contribution in [0.3, 0.4) is 0 Å². The van der Waals surface area contributed by atoms with Gasteiger partial charge in [-0.1, -0.05) is 373 Å². The molecule has 0 radical (unpaired) electrons. The van der Waals surface area contributed by atoms with Crippen LogP contribution >= 0.6 is 0 Å². The normalized spacial score (nSPS) is 12.5. The van der Waals surface area contributed by atoms with Gasteiger partial charge in [-0.15, -0.1) is 0 Å². The van der Waals surface area contributed by atoms with Crippen LogP contribution in [0.15, 0.2) is 12.2 Å². The number of aliphatic hydroxyl groups excluding tert-OH is 2. The first-order valence-corrected chi connectivity index (χ1v) is 36.9. The van der Waals surface area contributed by atoms with Gasteiger partial charge >= 0.3 is 5.97 Å². The van der Waals surface area contributed by atoms with Crippen molar-refractivity contribution in [3.63, 3.8) is 0 Å². The Bertz CT molecular complexity index is 1210. The molecule has 2 unspecified atom stereocenters. The Morgan fingerprint density at radius 2 is 0.588 bits per heavy atom. The Labute approximate surface area is 501 Å². The molecule has 2 atom stereocenters. The number of nitrogens with one attached hydrogen (secondary N) is 1. The van der Waals surface area contributed by atoms with E-state index in [1.807, 2.05) is 0 Å². The summed E-state index contributed by atoms with van der Waals surface area (Å²) in [6, 6.07) is -0.538. The summed E-state index contributed by atoms with van der Waals surface area (Å²) in [7, 11) is 0. The number of hydrogen-bond acceptors (Lipinski definition) is 5. The molecule has 1 amide bonds. The fraction of sp³-hybridized carbons (Fsp3) is 0.946. The molecule has 6 heteroatoms. The van der Waals surface area contributed by atoms with Gasteiger partial charge in [0.2, 0.25) is 5.91 Å². The average Bonchev–Trinajstić information content (AvgIpc) is 3.46. The third-order valence-corrected chi connectivity index (χ3v) is 17.6. The molecule has 0 saturated carbocycles. The van der Waals surface area contributed by atoms with Crippen molar-refractivity contribution in [2.45, 2.75) is 437 Å². The van der Waals surface area contributed by atoms with Crippen molar-refractivity contribution in [3.8, 4) is 0 Å². The molecule has 0 aromatic heterocycles. The highest BCUT2D eigenvalue weighted by Crippen LogP contribution is 2.20. The highest BCUT2D eigenvalue weighted by atomic mass is 16.5. The lowest BCUT2D eigenvalue weighted by Crippen LogP contribution is -2.45. The van der Waals surface area contributed by atoms with Crippen LogP contribution in [0.4, 0.5) is 0 Å². The van der Waals surface area contributed by atoms with Crippen LogP contribution in [-0.4, -0.2) is 47.4 Å². The van der Waals surface area contributed by atoms with Crippen LogP contribution in [0.5, 0.6) is 0 Å². The minimum absolute atomic E-state index is 0.0202. The van der Waals surface area contributed by atoms with E-state index in [4.69, 9.17) is 4.74 Å². The number of carbonyl (C=O) groups is 2. The lowest BCUT2D eigenvalue weighted by molar-refractivity contribution is -0.143. The van der Waals surface area contributed by atoms with Crippen LogP contribution in [0.2, 0.25) is 0 Å². The van der Waals surface area contributed by atoms with E-state index in [2.05, 4.69) is 31.3 Å². The third kappa shape index (κ3) is 65.7. The number of aliphatic hydroxyl groups is 2. The molecule has 476 valence electrons. The van der Waals surface area contributed by atoms with Gasteiger partial charge in [-0.3, -0.25) is 9.59 Å². The number of unbranched alkanes of at least 4 members (excludes halogenated alkanes) is 57. The average molecular weight is 1130 g/mol. The van der Waals surface area contributed by atoms with E-state index in [-0.39, 0.29) is 18.5 Å². The summed E-state index contributed by atoms with van der Waals surface area (Å²) in [6.45, 7) is 4.99. The quantitative estimate of drug-likeness (QED) is 0.0320. The van der Waals surface area contributed by atoms with Gasteiger partial charge in [0.15, 0.2) is 0 Å². The van der Waals surface area contributed by atoms with Gasteiger partial charge in [0.1, 0.15) is 0 Å². The number of carbonyl (C=O) groups excluding carboxylic acids is 2. The van der Waals surface area contributed by atoms with Gasteiger partial charge in [-0.2, -0.15) is 0 Å². The Balaban J connectivity index is 3.31. The second-order valence-corrected chi connectivity index (χ2v) is 25.6. The molecule has 0 aromatic rings. The molecule has 0 aliphatic carbocycles. The summed E-state index contributed by atoms with van der Waals surface area (Å²) < 4.78 is 5.51. The molecule has 80 heavy (non-hydrogen) atoms. The zero-order valence-corrected chi connectivity index (χ0v) is 54.6. The van der Waals surface area contributed by atoms with E-state index < -0.39 is 12.1 Å². The third-order valence-electron chi connectivity index (χ3n) is 17.6. The van der Waals surface area contributed by atoms with E-state index in [9.17, 15) is 19.8 Å². The first-order valence-electron chi connectivity index (χ1n) is 36.9. The zero-order chi connectivity index (χ0) is 57.8. The van der Waals surface area contributed by atoms with Gasteiger partial charge in [0, 0.05) is 12.8 Å². The molecular formula is C74H145NO5. The Morgan fingerprint density at radius 3 is 0.887 bits per heavy atom. The highest BCUT2D eigenvalue weighted by Gasteiger charge is 2.20. The molecule has 0 aromatic carbocycles. The standard InChI is InChI=1S/C74H145NO5/c1-3-5-7-9-11-13-15-17-19-20-32-36-40-44-48-52-56-60-64-68-74(79)80-69-65-61-57-53-49-45-41-37-34-31-29-27-25-23-21-22-24-26-28-30-33-35-39-43-47-51-55-59-63-67-73(78)75-71(70-76)72(77)66-62-58-54-50-46-42-38-18-16-14-12-10-8-6-4-2/h17,19,71-72,76-77H,3-16,18,20-70H2,1-2H3,(H,75,78)/b19-17-. The van der Waals surface area contributed by atoms with Crippen LogP contribution in [0, 0.1) is 0 Å². The van der Waals surface area contributed by atoms with E-state index in [1.165, 1.54) is 353 Å². The lowest BCUT2D eigenvalue weighted by atomic mass is 10.0. The molecule has 0 spiro atoms. The van der Waals surface area contributed by atoms with Crippen molar-refractivity contribution in [1.29, 1.82) is 0 Å². The molecule has 0 aliphatic rings. The minimum atomic E-state index is -0.661. The fourth-order valence-corrected chi connectivity index (χ4v) is 11.9. The maximum Gasteiger partial charge on any atom is 0.305 e. The van der Waals surface area contributed by atoms with E-state index >= 15 is 0 Å². The highest BCUT2D eigenvalue weighted by molar-refractivity contribution is 5.76. The maximum atomic E-state index is 12.5. The van der Waals surface area contributed by atoms with Crippen LogP contribution in [0.25, 0.3) is 0 Å². The summed E-state index contributed by atoms with van der Waals surface area (Å²) in [5.41, 5.74) is 0. The summed E-state index contributed by atoms with van der Waals surface area (Å²) in [5.74, 6) is -0.00766. The number of ether oxygens (including phenoxy) is 1. The number of amides is 1. The summed E-state index contributed by atoms with van der Waals surface area (Å²) in [4.78, 5) is 24.6. The molecule has 0 bridgehead atoms. The van der Waals surface area contributed by atoms with Gasteiger partial charge in [-0.05, 0) is 51.4 Å². The maximum absolute atomic E-state index is 12.5. The van der Waals surface area contributed by atoms with Crippen molar-refractivity contribution in [2.75, 3.05) is 13.2 Å². The largest absolute Gasteiger partial charge is 0.466 e. The molecule has 0 rings (SSSR count). The molecule has 0 heterocycles.